The van der Waals surface area contributed by atoms with Gasteiger partial charge in [0.2, 0.25) is 5.91 Å². The molecule has 1 unspecified atom stereocenters. The van der Waals surface area contributed by atoms with Crippen LogP contribution in [0.5, 0.6) is 0 Å². The maximum absolute atomic E-state index is 13.4. The second-order valence-corrected chi connectivity index (χ2v) is 5.84. The van der Waals surface area contributed by atoms with Crippen molar-refractivity contribution >= 4 is 11.6 Å². The summed E-state index contributed by atoms with van der Waals surface area (Å²) in [5.41, 5.74) is 1.05. The number of benzene rings is 1. The molecule has 0 saturated carbocycles. The zero-order chi connectivity index (χ0) is 17.1. The van der Waals surface area contributed by atoms with Gasteiger partial charge in [-0.05, 0) is 43.2 Å². The highest BCUT2D eigenvalue weighted by Crippen LogP contribution is 2.38. The smallest absolute Gasteiger partial charge is 0.217 e. The molecule has 5 nitrogen and oxygen atoms in total. The third-order valence-electron chi connectivity index (χ3n) is 4.16. The lowest BCUT2D eigenvalue weighted by atomic mass is 10.1. The highest BCUT2D eigenvalue weighted by molar-refractivity contribution is 5.72. The van der Waals surface area contributed by atoms with Crippen LogP contribution in [0.15, 0.2) is 34.7 Å². The number of amides is 1. The molecule has 0 bridgehead atoms. The van der Waals surface area contributed by atoms with Gasteiger partial charge in [-0.3, -0.25) is 4.79 Å². The van der Waals surface area contributed by atoms with Crippen LogP contribution in [0.1, 0.15) is 42.9 Å². The molecule has 0 radical (unpaired) electrons. The Labute approximate surface area is 139 Å². The Morgan fingerprint density at radius 1 is 1.46 bits per heavy atom. The summed E-state index contributed by atoms with van der Waals surface area (Å²) in [5, 5.41) is 12.0. The summed E-state index contributed by atoms with van der Waals surface area (Å²) in [6.07, 6.45) is 1.87. The fourth-order valence-corrected chi connectivity index (χ4v) is 3.08. The monoisotopic (exact) mass is 327 g/mol. The highest BCUT2D eigenvalue weighted by atomic mass is 19.1. The standard InChI is InChI=1S/C18H18FN3O2/c1-12(23)21-11-15-5-7-18(24-15)17-3-2-8-22(17)16-6-4-14(19)9-13(16)10-20/h4-7,9,17H,2-3,8,11H2,1H3,(H,21,23). The Balaban J connectivity index is 1.84. The molecule has 1 fully saturated rings. The quantitative estimate of drug-likeness (QED) is 0.936. The average molecular weight is 327 g/mol. The number of rotatable bonds is 4. The number of anilines is 1. The van der Waals surface area contributed by atoms with E-state index in [0.717, 1.165) is 30.8 Å². The summed E-state index contributed by atoms with van der Waals surface area (Å²) < 4.78 is 19.2. The molecule has 1 aliphatic rings. The second-order valence-electron chi connectivity index (χ2n) is 5.84. The van der Waals surface area contributed by atoms with Gasteiger partial charge in [0.25, 0.3) is 0 Å². The highest BCUT2D eigenvalue weighted by Gasteiger charge is 2.30. The molecule has 1 aromatic heterocycles. The van der Waals surface area contributed by atoms with Crippen molar-refractivity contribution in [3.05, 3.63) is 53.2 Å². The number of carbonyl (C=O) groups is 1. The minimum atomic E-state index is -0.415. The van der Waals surface area contributed by atoms with E-state index >= 15 is 0 Å². The molecule has 3 rings (SSSR count). The first-order valence-corrected chi connectivity index (χ1v) is 7.88. The minimum Gasteiger partial charge on any atom is -0.462 e. The van der Waals surface area contributed by atoms with Crippen molar-refractivity contribution < 1.29 is 13.6 Å². The molecular weight excluding hydrogens is 309 g/mol. The number of carbonyl (C=O) groups excluding carboxylic acids is 1. The number of furan rings is 1. The summed E-state index contributed by atoms with van der Waals surface area (Å²) in [5.74, 6) is 0.954. The van der Waals surface area contributed by atoms with Crippen LogP contribution in [-0.2, 0) is 11.3 Å². The number of hydrogen-bond acceptors (Lipinski definition) is 4. The van der Waals surface area contributed by atoms with E-state index in [4.69, 9.17) is 4.42 Å². The number of hydrogen-bond donors (Lipinski definition) is 1. The van der Waals surface area contributed by atoms with Gasteiger partial charge in [-0.1, -0.05) is 0 Å². The maximum atomic E-state index is 13.4. The van der Waals surface area contributed by atoms with Crippen LogP contribution in [0.3, 0.4) is 0 Å². The zero-order valence-corrected chi connectivity index (χ0v) is 13.4. The predicted molar refractivity (Wildman–Crippen MR) is 86.7 cm³/mol. The first kappa shape index (κ1) is 16.1. The summed E-state index contributed by atoms with van der Waals surface area (Å²) in [6.45, 7) is 2.59. The van der Waals surface area contributed by atoms with Crippen LogP contribution in [0, 0.1) is 17.1 Å². The van der Waals surface area contributed by atoms with Crippen LogP contribution in [0.25, 0.3) is 0 Å². The molecule has 24 heavy (non-hydrogen) atoms. The van der Waals surface area contributed by atoms with Gasteiger partial charge >= 0.3 is 0 Å². The van der Waals surface area contributed by atoms with Crippen molar-refractivity contribution in [1.29, 1.82) is 5.26 Å². The predicted octanol–water partition coefficient (Wildman–Crippen LogP) is 3.27. The molecule has 1 saturated heterocycles. The molecule has 124 valence electrons. The molecule has 6 heteroatoms. The Morgan fingerprint density at radius 2 is 2.29 bits per heavy atom. The first-order valence-electron chi connectivity index (χ1n) is 7.88. The van der Waals surface area contributed by atoms with Crippen molar-refractivity contribution in [3.63, 3.8) is 0 Å². The third kappa shape index (κ3) is 3.25. The molecule has 1 amide bonds. The fraction of sp³-hybridized carbons (Fsp3) is 0.333. The van der Waals surface area contributed by atoms with Crippen LogP contribution in [0.4, 0.5) is 10.1 Å². The summed E-state index contributed by atoms with van der Waals surface area (Å²) in [6, 6.07) is 10.1. The zero-order valence-electron chi connectivity index (χ0n) is 13.4. The Hall–Kier alpha value is -2.81. The average Bonchev–Trinajstić information content (AvgIpc) is 3.21. The molecule has 0 spiro atoms. The van der Waals surface area contributed by atoms with E-state index in [1.54, 1.807) is 6.07 Å². The van der Waals surface area contributed by atoms with Gasteiger partial charge in [-0.25, -0.2) is 4.39 Å². The van der Waals surface area contributed by atoms with Crippen LogP contribution in [0.2, 0.25) is 0 Å². The molecule has 2 aromatic rings. The summed E-state index contributed by atoms with van der Waals surface area (Å²) in [7, 11) is 0. The summed E-state index contributed by atoms with van der Waals surface area (Å²) in [4.78, 5) is 13.1. The van der Waals surface area contributed by atoms with Gasteiger partial charge in [-0.2, -0.15) is 5.26 Å². The van der Waals surface area contributed by atoms with Gasteiger partial charge in [0.1, 0.15) is 23.4 Å². The molecule has 1 aromatic carbocycles. The molecule has 1 N–H and O–H groups in total. The van der Waals surface area contributed by atoms with E-state index in [-0.39, 0.29) is 11.9 Å². The van der Waals surface area contributed by atoms with Gasteiger partial charge in [0, 0.05) is 13.5 Å². The van der Waals surface area contributed by atoms with Crippen molar-refractivity contribution in [2.45, 2.75) is 32.4 Å². The minimum absolute atomic E-state index is 0.00800. The van der Waals surface area contributed by atoms with E-state index in [1.807, 2.05) is 12.1 Å². The molecule has 1 aliphatic heterocycles. The van der Waals surface area contributed by atoms with Crippen LogP contribution >= 0.6 is 0 Å². The normalized spacial score (nSPS) is 16.9. The van der Waals surface area contributed by atoms with E-state index in [1.165, 1.54) is 19.1 Å². The van der Waals surface area contributed by atoms with Crippen LogP contribution in [-0.4, -0.2) is 12.5 Å². The SMILES string of the molecule is CC(=O)NCc1ccc(C2CCCN2c2ccc(F)cc2C#N)o1. The Bertz CT molecular complexity index is 794. The number of nitrogens with one attached hydrogen (secondary N) is 1. The number of nitriles is 1. The van der Waals surface area contributed by atoms with Crippen molar-refractivity contribution in [1.82, 2.24) is 5.32 Å². The van der Waals surface area contributed by atoms with Crippen molar-refractivity contribution in [2.24, 2.45) is 0 Å². The summed E-state index contributed by atoms with van der Waals surface area (Å²) >= 11 is 0. The largest absolute Gasteiger partial charge is 0.462 e. The molecule has 0 aliphatic carbocycles. The lowest BCUT2D eigenvalue weighted by Gasteiger charge is -2.26. The van der Waals surface area contributed by atoms with E-state index in [2.05, 4.69) is 16.3 Å². The van der Waals surface area contributed by atoms with E-state index in [9.17, 15) is 14.4 Å². The van der Waals surface area contributed by atoms with E-state index in [0.29, 0.717) is 17.9 Å². The Morgan fingerprint density at radius 3 is 3.04 bits per heavy atom. The molecule has 2 heterocycles. The van der Waals surface area contributed by atoms with Gasteiger partial charge in [0.05, 0.1) is 23.8 Å². The van der Waals surface area contributed by atoms with E-state index < -0.39 is 5.82 Å². The topological polar surface area (TPSA) is 69.3 Å². The maximum Gasteiger partial charge on any atom is 0.217 e. The van der Waals surface area contributed by atoms with Gasteiger partial charge in [-0.15, -0.1) is 0 Å². The molecular formula is C18H18FN3O2. The number of halogens is 1. The Kier molecular flexibility index (Phi) is 4.52. The lowest BCUT2D eigenvalue weighted by molar-refractivity contribution is -0.119. The first-order chi connectivity index (χ1) is 11.6. The number of nitrogens with zero attached hydrogens (tertiary/aromatic N) is 2. The van der Waals surface area contributed by atoms with Gasteiger partial charge in [0.15, 0.2) is 0 Å². The van der Waals surface area contributed by atoms with Crippen molar-refractivity contribution in [3.8, 4) is 6.07 Å². The molecule has 1 atom stereocenters. The van der Waals surface area contributed by atoms with Crippen molar-refractivity contribution in [2.75, 3.05) is 11.4 Å². The third-order valence-corrected chi connectivity index (χ3v) is 4.16. The lowest BCUT2D eigenvalue weighted by Crippen LogP contribution is -2.23. The van der Waals surface area contributed by atoms with Gasteiger partial charge < -0.3 is 14.6 Å². The fourth-order valence-electron chi connectivity index (χ4n) is 3.08. The second kappa shape index (κ2) is 6.75. The van der Waals surface area contributed by atoms with Crippen LogP contribution < -0.4 is 10.2 Å².